The summed E-state index contributed by atoms with van der Waals surface area (Å²) < 4.78 is 6.15. The highest BCUT2D eigenvalue weighted by atomic mass is 16.5. The molecule has 2 nitrogen and oxygen atoms in total. The highest BCUT2D eigenvalue weighted by Gasteiger charge is 2.18. The smallest absolute Gasteiger partial charge is 0.0973 e. The van der Waals surface area contributed by atoms with E-state index in [4.69, 9.17) is 10.5 Å². The van der Waals surface area contributed by atoms with Crippen molar-refractivity contribution < 1.29 is 4.74 Å². The molecule has 3 unspecified atom stereocenters. The van der Waals surface area contributed by atoms with E-state index in [-0.39, 0.29) is 12.1 Å². The van der Waals surface area contributed by atoms with Gasteiger partial charge in [-0.2, -0.15) is 0 Å². The molecular formula is C18H31NO. The quantitative estimate of drug-likeness (QED) is 0.715. The second kappa shape index (κ2) is 9.15. The van der Waals surface area contributed by atoms with Crippen LogP contribution in [0.15, 0.2) is 24.3 Å². The summed E-state index contributed by atoms with van der Waals surface area (Å²) in [4.78, 5) is 0. The summed E-state index contributed by atoms with van der Waals surface area (Å²) in [6.07, 6.45) is 4.98. The van der Waals surface area contributed by atoms with Crippen molar-refractivity contribution in [1.29, 1.82) is 0 Å². The molecule has 0 fully saturated rings. The minimum Gasteiger partial charge on any atom is -0.372 e. The van der Waals surface area contributed by atoms with E-state index in [0.29, 0.717) is 5.92 Å². The Balaban J connectivity index is 2.61. The second-order valence-corrected chi connectivity index (χ2v) is 5.94. The van der Waals surface area contributed by atoms with Crippen molar-refractivity contribution >= 4 is 0 Å². The lowest BCUT2D eigenvalue weighted by Gasteiger charge is -2.25. The summed E-state index contributed by atoms with van der Waals surface area (Å²) >= 11 is 0. The van der Waals surface area contributed by atoms with Gasteiger partial charge in [-0.1, -0.05) is 62.9 Å². The van der Waals surface area contributed by atoms with Gasteiger partial charge in [-0.05, 0) is 31.7 Å². The fourth-order valence-corrected chi connectivity index (χ4v) is 2.45. The maximum Gasteiger partial charge on any atom is 0.0973 e. The molecule has 2 N–H and O–H groups in total. The number of unbranched alkanes of at least 4 members (excludes halogenated alkanes) is 1. The summed E-state index contributed by atoms with van der Waals surface area (Å²) in [5.74, 6) is 0.654. The predicted octanol–water partition coefficient (Wildman–Crippen LogP) is 4.62. The molecule has 114 valence electrons. The molecule has 0 saturated heterocycles. The lowest BCUT2D eigenvalue weighted by atomic mass is 9.99. The highest BCUT2D eigenvalue weighted by Crippen LogP contribution is 2.23. The number of hydrogen-bond donors (Lipinski definition) is 1. The van der Waals surface area contributed by atoms with Gasteiger partial charge in [0.2, 0.25) is 0 Å². The molecule has 0 amide bonds. The van der Waals surface area contributed by atoms with Crippen LogP contribution in [-0.2, 0) is 4.74 Å². The molecule has 0 aliphatic rings. The Labute approximate surface area is 124 Å². The van der Waals surface area contributed by atoms with Crippen LogP contribution in [0.1, 0.15) is 63.7 Å². The third-order valence-electron chi connectivity index (χ3n) is 3.94. The minimum atomic E-state index is 0.00581. The first kappa shape index (κ1) is 17.2. The monoisotopic (exact) mass is 277 g/mol. The molecule has 0 radical (unpaired) electrons. The SMILES string of the molecule is CCCCC(CC)COC(c1ccc(C)cc1)C(C)N. The summed E-state index contributed by atoms with van der Waals surface area (Å²) in [6.45, 7) is 9.43. The fourth-order valence-electron chi connectivity index (χ4n) is 2.45. The molecule has 1 aromatic carbocycles. The van der Waals surface area contributed by atoms with Gasteiger partial charge in [0.15, 0.2) is 0 Å². The lowest BCUT2D eigenvalue weighted by molar-refractivity contribution is 0.0127. The van der Waals surface area contributed by atoms with Crippen molar-refractivity contribution in [2.24, 2.45) is 11.7 Å². The molecule has 1 rings (SSSR count). The standard InChI is InChI=1S/C18H31NO/c1-5-7-8-16(6-2)13-20-18(15(4)19)17-11-9-14(3)10-12-17/h9-12,15-16,18H,5-8,13,19H2,1-4H3. The zero-order chi connectivity index (χ0) is 15.0. The van der Waals surface area contributed by atoms with E-state index >= 15 is 0 Å². The number of benzene rings is 1. The molecule has 0 aliphatic carbocycles. The Morgan fingerprint density at radius 1 is 1.15 bits per heavy atom. The number of nitrogens with two attached hydrogens (primary N) is 1. The summed E-state index contributed by atoms with van der Waals surface area (Å²) in [6, 6.07) is 8.54. The van der Waals surface area contributed by atoms with Gasteiger partial charge in [0.25, 0.3) is 0 Å². The Morgan fingerprint density at radius 2 is 1.80 bits per heavy atom. The molecule has 0 heterocycles. The van der Waals surface area contributed by atoms with Gasteiger partial charge in [-0.15, -0.1) is 0 Å². The van der Waals surface area contributed by atoms with Gasteiger partial charge in [0.1, 0.15) is 0 Å². The second-order valence-electron chi connectivity index (χ2n) is 5.94. The zero-order valence-electron chi connectivity index (χ0n) is 13.6. The minimum absolute atomic E-state index is 0.00581. The molecule has 0 aromatic heterocycles. The third-order valence-corrected chi connectivity index (χ3v) is 3.94. The van der Waals surface area contributed by atoms with Crippen LogP contribution in [0, 0.1) is 12.8 Å². The van der Waals surface area contributed by atoms with Gasteiger partial charge in [-0.25, -0.2) is 0 Å². The average Bonchev–Trinajstić information content (AvgIpc) is 2.44. The number of hydrogen-bond acceptors (Lipinski definition) is 2. The van der Waals surface area contributed by atoms with E-state index in [1.165, 1.54) is 36.8 Å². The van der Waals surface area contributed by atoms with Crippen molar-refractivity contribution in [2.75, 3.05) is 6.61 Å². The number of rotatable bonds is 9. The fraction of sp³-hybridized carbons (Fsp3) is 0.667. The van der Waals surface area contributed by atoms with Crippen molar-refractivity contribution in [3.05, 3.63) is 35.4 Å². The van der Waals surface area contributed by atoms with E-state index in [1.54, 1.807) is 0 Å². The molecular weight excluding hydrogens is 246 g/mol. The van der Waals surface area contributed by atoms with E-state index < -0.39 is 0 Å². The van der Waals surface area contributed by atoms with Crippen molar-refractivity contribution in [2.45, 2.75) is 65.5 Å². The van der Waals surface area contributed by atoms with E-state index in [2.05, 4.69) is 45.0 Å². The summed E-state index contributed by atoms with van der Waals surface area (Å²) in [5, 5.41) is 0. The van der Waals surface area contributed by atoms with E-state index in [0.717, 1.165) is 6.61 Å². The van der Waals surface area contributed by atoms with Crippen LogP contribution in [0.25, 0.3) is 0 Å². The van der Waals surface area contributed by atoms with Gasteiger partial charge in [0, 0.05) is 6.04 Å². The highest BCUT2D eigenvalue weighted by molar-refractivity contribution is 5.24. The van der Waals surface area contributed by atoms with Crippen LogP contribution in [0.3, 0.4) is 0 Å². The Kier molecular flexibility index (Phi) is 7.86. The van der Waals surface area contributed by atoms with Crippen LogP contribution in [0.5, 0.6) is 0 Å². The topological polar surface area (TPSA) is 35.2 Å². The van der Waals surface area contributed by atoms with Crippen molar-refractivity contribution in [3.8, 4) is 0 Å². The third kappa shape index (κ3) is 5.64. The molecule has 0 aliphatic heterocycles. The molecule has 0 spiro atoms. The molecule has 3 atom stereocenters. The Bertz CT molecular complexity index is 358. The summed E-state index contributed by atoms with van der Waals surface area (Å²) in [7, 11) is 0. The molecule has 1 aromatic rings. The van der Waals surface area contributed by atoms with Crippen LogP contribution >= 0.6 is 0 Å². The van der Waals surface area contributed by atoms with Gasteiger partial charge in [-0.3, -0.25) is 0 Å². The molecule has 0 bridgehead atoms. The van der Waals surface area contributed by atoms with Gasteiger partial charge in [0.05, 0.1) is 12.7 Å². The van der Waals surface area contributed by atoms with Gasteiger partial charge < -0.3 is 10.5 Å². The van der Waals surface area contributed by atoms with Crippen LogP contribution in [0.4, 0.5) is 0 Å². The Hall–Kier alpha value is -0.860. The van der Waals surface area contributed by atoms with Gasteiger partial charge >= 0.3 is 0 Å². The normalized spacial score (nSPS) is 15.8. The molecule has 2 heteroatoms. The van der Waals surface area contributed by atoms with Crippen molar-refractivity contribution in [3.63, 3.8) is 0 Å². The largest absolute Gasteiger partial charge is 0.372 e. The first-order valence-corrected chi connectivity index (χ1v) is 8.02. The van der Waals surface area contributed by atoms with E-state index in [9.17, 15) is 0 Å². The molecule has 20 heavy (non-hydrogen) atoms. The first-order valence-electron chi connectivity index (χ1n) is 8.02. The van der Waals surface area contributed by atoms with Crippen molar-refractivity contribution in [1.82, 2.24) is 0 Å². The number of aryl methyl sites for hydroxylation is 1. The lowest BCUT2D eigenvalue weighted by Crippen LogP contribution is -2.28. The first-order chi connectivity index (χ1) is 9.58. The maximum atomic E-state index is 6.15. The number of ether oxygens (including phenoxy) is 1. The predicted molar refractivity (Wildman–Crippen MR) is 86.8 cm³/mol. The van der Waals surface area contributed by atoms with Crippen LogP contribution < -0.4 is 5.73 Å². The maximum absolute atomic E-state index is 6.15. The van der Waals surface area contributed by atoms with Crippen LogP contribution in [0.2, 0.25) is 0 Å². The summed E-state index contributed by atoms with van der Waals surface area (Å²) in [5.41, 5.74) is 8.57. The molecule has 0 saturated carbocycles. The zero-order valence-corrected chi connectivity index (χ0v) is 13.6. The van der Waals surface area contributed by atoms with Crippen LogP contribution in [-0.4, -0.2) is 12.6 Å². The Morgan fingerprint density at radius 3 is 2.30 bits per heavy atom. The van der Waals surface area contributed by atoms with E-state index in [1.807, 2.05) is 6.92 Å². The average molecular weight is 277 g/mol.